The highest BCUT2D eigenvalue weighted by Crippen LogP contribution is 2.21. The average molecular weight is 229 g/mol. The first-order chi connectivity index (χ1) is 8.09. The van der Waals surface area contributed by atoms with Crippen LogP contribution < -0.4 is 0 Å². The zero-order valence-electron chi connectivity index (χ0n) is 10.2. The summed E-state index contributed by atoms with van der Waals surface area (Å²) in [5, 5.41) is 9.53. The third-order valence-corrected chi connectivity index (χ3v) is 2.73. The molecule has 0 amide bonds. The van der Waals surface area contributed by atoms with Crippen molar-refractivity contribution < 1.29 is 5.11 Å². The summed E-state index contributed by atoms with van der Waals surface area (Å²) in [7, 11) is 0. The van der Waals surface area contributed by atoms with E-state index in [2.05, 4.69) is 15.0 Å². The molecule has 4 nitrogen and oxygen atoms in total. The fourth-order valence-electron chi connectivity index (χ4n) is 1.74. The summed E-state index contributed by atoms with van der Waals surface area (Å²) in [4.78, 5) is 12.8. The molecule has 2 heterocycles. The van der Waals surface area contributed by atoms with E-state index in [9.17, 15) is 5.11 Å². The maximum absolute atomic E-state index is 9.53. The minimum Gasteiger partial charge on any atom is -0.389 e. The Morgan fingerprint density at radius 3 is 2.59 bits per heavy atom. The first-order valence-electron chi connectivity index (χ1n) is 5.52. The first kappa shape index (κ1) is 11.7. The van der Waals surface area contributed by atoms with Gasteiger partial charge in [0.2, 0.25) is 0 Å². The van der Waals surface area contributed by atoms with Crippen molar-refractivity contribution in [3.63, 3.8) is 0 Å². The molecule has 0 unspecified atom stereocenters. The molecule has 0 radical (unpaired) electrons. The number of rotatable bonds is 2. The molecule has 0 aliphatic heterocycles. The van der Waals surface area contributed by atoms with Crippen LogP contribution in [0.3, 0.4) is 0 Å². The quantitative estimate of drug-likeness (QED) is 0.857. The summed E-state index contributed by atoms with van der Waals surface area (Å²) in [6.45, 7) is 5.57. The van der Waals surface area contributed by atoms with Crippen LogP contribution in [0.2, 0.25) is 0 Å². The highest BCUT2D eigenvalue weighted by molar-refractivity contribution is 5.58. The number of aliphatic hydroxyl groups is 1. The molecular formula is C13H15N3O. The summed E-state index contributed by atoms with van der Waals surface area (Å²) in [6.07, 6.45) is 4.66. The number of nitrogens with zero attached hydrogens (tertiary/aromatic N) is 3. The Morgan fingerprint density at radius 2 is 2.00 bits per heavy atom. The third kappa shape index (κ3) is 2.31. The van der Waals surface area contributed by atoms with E-state index in [4.69, 9.17) is 0 Å². The van der Waals surface area contributed by atoms with Gasteiger partial charge in [0.15, 0.2) is 5.82 Å². The molecule has 1 atom stereocenters. The van der Waals surface area contributed by atoms with Gasteiger partial charge in [-0.2, -0.15) is 0 Å². The van der Waals surface area contributed by atoms with Crippen molar-refractivity contribution in [2.45, 2.75) is 26.9 Å². The Hall–Kier alpha value is -1.81. The second-order valence-electron chi connectivity index (χ2n) is 4.10. The van der Waals surface area contributed by atoms with E-state index in [0.29, 0.717) is 5.82 Å². The summed E-state index contributed by atoms with van der Waals surface area (Å²) in [6, 6.07) is 1.89. The summed E-state index contributed by atoms with van der Waals surface area (Å²) >= 11 is 0. The SMILES string of the molecule is Cc1cnccc1-c1ncc([C@H](C)O)c(C)n1. The van der Waals surface area contributed by atoms with Crippen molar-refractivity contribution in [1.29, 1.82) is 0 Å². The van der Waals surface area contributed by atoms with E-state index in [-0.39, 0.29) is 0 Å². The third-order valence-electron chi connectivity index (χ3n) is 2.73. The normalized spacial score (nSPS) is 12.5. The number of hydrogen-bond donors (Lipinski definition) is 1. The van der Waals surface area contributed by atoms with Crippen molar-refractivity contribution in [3.05, 3.63) is 41.5 Å². The standard InChI is InChI=1S/C13H15N3O/c1-8-6-14-5-4-11(8)13-15-7-12(10(3)17)9(2)16-13/h4-7,10,17H,1-3H3/t10-/m0/s1. The topological polar surface area (TPSA) is 58.9 Å². The number of aryl methyl sites for hydroxylation is 2. The van der Waals surface area contributed by atoms with Gasteiger partial charge in [-0.3, -0.25) is 4.98 Å². The molecule has 2 aromatic rings. The molecule has 4 heteroatoms. The Bertz CT molecular complexity index is 538. The molecule has 0 aliphatic rings. The van der Waals surface area contributed by atoms with Crippen molar-refractivity contribution in [3.8, 4) is 11.4 Å². The number of aromatic nitrogens is 3. The molecule has 2 aromatic heterocycles. The van der Waals surface area contributed by atoms with Gasteiger partial charge < -0.3 is 5.11 Å². The van der Waals surface area contributed by atoms with Crippen LogP contribution >= 0.6 is 0 Å². The number of aliphatic hydroxyl groups excluding tert-OH is 1. The summed E-state index contributed by atoms with van der Waals surface area (Å²) < 4.78 is 0. The van der Waals surface area contributed by atoms with Crippen molar-refractivity contribution in [2.75, 3.05) is 0 Å². The van der Waals surface area contributed by atoms with E-state index >= 15 is 0 Å². The molecule has 88 valence electrons. The van der Waals surface area contributed by atoms with Crippen LogP contribution in [0.4, 0.5) is 0 Å². The second kappa shape index (κ2) is 4.59. The highest BCUT2D eigenvalue weighted by atomic mass is 16.3. The van der Waals surface area contributed by atoms with Gasteiger partial charge in [-0.15, -0.1) is 0 Å². The van der Waals surface area contributed by atoms with Gasteiger partial charge in [0.05, 0.1) is 6.10 Å². The summed E-state index contributed by atoms with van der Waals surface area (Å²) in [5.41, 5.74) is 3.58. The lowest BCUT2D eigenvalue weighted by Crippen LogP contribution is -2.01. The largest absolute Gasteiger partial charge is 0.389 e. The molecular weight excluding hydrogens is 214 g/mol. The smallest absolute Gasteiger partial charge is 0.159 e. The fourth-order valence-corrected chi connectivity index (χ4v) is 1.74. The van der Waals surface area contributed by atoms with Crippen LogP contribution in [0.15, 0.2) is 24.7 Å². The van der Waals surface area contributed by atoms with Gasteiger partial charge in [-0.1, -0.05) is 0 Å². The Labute approximate surface area is 100 Å². The molecule has 0 aliphatic carbocycles. The van der Waals surface area contributed by atoms with Gasteiger partial charge in [0.1, 0.15) is 0 Å². The van der Waals surface area contributed by atoms with Crippen LogP contribution in [0.25, 0.3) is 11.4 Å². The van der Waals surface area contributed by atoms with Crippen LogP contribution in [0, 0.1) is 13.8 Å². The van der Waals surface area contributed by atoms with E-state index < -0.39 is 6.10 Å². The maximum atomic E-state index is 9.53. The van der Waals surface area contributed by atoms with Gasteiger partial charge in [0.25, 0.3) is 0 Å². The zero-order chi connectivity index (χ0) is 12.4. The van der Waals surface area contributed by atoms with Crippen LogP contribution in [0.1, 0.15) is 29.8 Å². The molecule has 2 rings (SSSR count). The molecule has 0 saturated carbocycles. The van der Waals surface area contributed by atoms with E-state index in [1.807, 2.05) is 19.9 Å². The molecule has 0 saturated heterocycles. The van der Waals surface area contributed by atoms with Gasteiger partial charge in [0, 0.05) is 35.4 Å². The monoisotopic (exact) mass is 229 g/mol. The Kier molecular flexibility index (Phi) is 3.15. The maximum Gasteiger partial charge on any atom is 0.159 e. The van der Waals surface area contributed by atoms with Gasteiger partial charge in [-0.05, 0) is 32.4 Å². The molecule has 0 aromatic carbocycles. The van der Waals surface area contributed by atoms with E-state index in [1.54, 1.807) is 25.5 Å². The summed E-state index contributed by atoms with van der Waals surface area (Å²) in [5.74, 6) is 0.673. The lowest BCUT2D eigenvalue weighted by atomic mass is 10.1. The van der Waals surface area contributed by atoms with Gasteiger partial charge in [-0.25, -0.2) is 9.97 Å². The Balaban J connectivity index is 2.49. The lowest BCUT2D eigenvalue weighted by molar-refractivity contribution is 0.197. The van der Waals surface area contributed by atoms with Crippen LogP contribution in [-0.4, -0.2) is 20.1 Å². The van der Waals surface area contributed by atoms with E-state index in [0.717, 1.165) is 22.4 Å². The van der Waals surface area contributed by atoms with Gasteiger partial charge >= 0.3 is 0 Å². The molecule has 0 bridgehead atoms. The highest BCUT2D eigenvalue weighted by Gasteiger charge is 2.10. The first-order valence-corrected chi connectivity index (χ1v) is 5.52. The number of hydrogen-bond acceptors (Lipinski definition) is 4. The van der Waals surface area contributed by atoms with Crippen molar-refractivity contribution in [1.82, 2.24) is 15.0 Å². The average Bonchev–Trinajstić information content (AvgIpc) is 2.29. The Morgan fingerprint density at radius 1 is 1.24 bits per heavy atom. The molecule has 0 spiro atoms. The van der Waals surface area contributed by atoms with E-state index in [1.165, 1.54) is 0 Å². The zero-order valence-corrected chi connectivity index (χ0v) is 10.2. The molecule has 1 N–H and O–H groups in total. The fraction of sp³-hybridized carbons (Fsp3) is 0.308. The molecule has 17 heavy (non-hydrogen) atoms. The van der Waals surface area contributed by atoms with Crippen LogP contribution in [-0.2, 0) is 0 Å². The van der Waals surface area contributed by atoms with Crippen molar-refractivity contribution in [2.24, 2.45) is 0 Å². The number of pyridine rings is 1. The lowest BCUT2D eigenvalue weighted by Gasteiger charge is -2.10. The second-order valence-corrected chi connectivity index (χ2v) is 4.10. The minimum absolute atomic E-state index is 0.539. The predicted octanol–water partition coefficient (Wildman–Crippen LogP) is 2.21. The van der Waals surface area contributed by atoms with Crippen molar-refractivity contribution >= 4 is 0 Å². The minimum atomic E-state index is -0.539. The van der Waals surface area contributed by atoms with Crippen LogP contribution in [0.5, 0.6) is 0 Å². The molecule has 0 fully saturated rings. The predicted molar refractivity (Wildman–Crippen MR) is 65.4 cm³/mol.